The van der Waals surface area contributed by atoms with Crippen molar-refractivity contribution in [1.29, 1.82) is 0 Å². The zero-order chi connectivity index (χ0) is 15.4. The van der Waals surface area contributed by atoms with Gasteiger partial charge in [-0.25, -0.2) is 4.68 Å². The molecule has 0 radical (unpaired) electrons. The quantitative estimate of drug-likeness (QED) is 0.825. The van der Waals surface area contributed by atoms with Crippen LogP contribution in [0.15, 0.2) is 35.1 Å². The van der Waals surface area contributed by atoms with Crippen LogP contribution in [0.1, 0.15) is 0 Å². The Morgan fingerprint density at radius 1 is 1.43 bits per heavy atom. The van der Waals surface area contributed by atoms with Crippen LogP contribution in [0, 0.1) is 0 Å². The summed E-state index contributed by atoms with van der Waals surface area (Å²) in [6.07, 6.45) is 0. The number of amides is 1. The summed E-state index contributed by atoms with van der Waals surface area (Å²) < 4.78 is 5.91. The van der Waals surface area contributed by atoms with Gasteiger partial charge in [-0.1, -0.05) is 11.6 Å². The fraction of sp³-hybridized carbons (Fsp3) is 0.154. The molecule has 1 heterocycles. The van der Waals surface area contributed by atoms with Gasteiger partial charge in [-0.2, -0.15) is 0 Å². The van der Waals surface area contributed by atoms with Crippen molar-refractivity contribution in [2.45, 2.75) is 6.54 Å². The monoisotopic (exact) mass is 308 g/mol. The number of nitrogens with zero attached hydrogens (tertiary/aromatic N) is 2. The van der Waals surface area contributed by atoms with Gasteiger partial charge in [0, 0.05) is 17.2 Å². The van der Waals surface area contributed by atoms with E-state index in [1.807, 2.05) is 0 Å². The molecule has 0 saturated carbocycles. The second kappa shape index (κ2) is 6.27. The highest BCUT2D eigenvalue weighted by molar-refractivity contribution is 6.31. The SMILES string of the molecule is COc1ccc(=O)n(CC(=O)Nc2ccc(Cl)cc2N)n1. The zero-order valence-electron chi connectivity index (χ0n) is 11.2. The lowest BCUT2D eigenvalue weighted by atomic mass is 10.2. The standard InChI is InChI=1S/C13H13ClN4O3/c1-21-12-4-5-13(20)18(17-12)7-11(19)16-10-3-2-8(14)6-9(10)15/h2-6H,7,15H2,1H3,(H,16,19). The van der Waals surface area contributed by atoms with Crippen molar-refractivity contribution >= 4 is 28.9 Å². The maximum absolute atomic E-state index is 11.9. The zero-order valence-corrected chi connectivity index (χ0v) is 11.9. The van der Waals surface area contributed by atoms with Gasteiger partial charge in [0.15, 0.2) is 0 Å². The van der Waals surface area contributed by atoms with Crippen LogP contribution in [0.25, 0.3) is 0 Å². The first-order valence-corrected chi connectivity index (χ1v) is 6.34. The number of hydrogen-bond acceptors (Lipinski definition) is 5. The number of nitrogens with two attached hydrogens (primary N) is 1. The van der Waals surface area contributed by atoms with Crippen LogP contribution in [0.3, 0.4) is 0 Å². The van der Waals surface area contributed by atoms with Crippen molar-refractivity contribution in [3.63, 3.8) is 0 Å². The van der Waals surface area contributed by atoms with E-state index in [0.29, 0.717) is 16.4 Å². The van der Waals surface area contributed by atoms with E-state index in [0.717, 1.165) is 4.68 Å². The molecule has 2 aromatic rings. The van der Waals surface area contributed by atoms with Crippen molar-refractivity contribution < 1.29 is 9.53 Å². The molecule has 0 bridgehead atoms. The number of nitrogens with one attached hydrogen (secondary N) is 1. The molecule has 21 heavy (non-hydrogen) atoms. The van der Waals surface area contributed by atoms with Crippen LogP contribution in [0.2, 0.25) is 5.02 Å². The third kappa shape index (κ3) is 3.73. The van der Waals surface area contributed by atoms with E-state index in [9.17, 15) is 9.59 Å². The number of anilines is 2. The topological polar surface area (TPSA) is 99.2 Å². The lowest BCUT2D eigenvalue weighted by Crippen LogP contribution is -2.29. The van der Waals surface area contributed by atoms with E-state index < -0.39 is 11.5 Å². The molecule has 1 aromatic heterocycles. The summed E-state index contributed by atoms with van der Waals surface area (Å²) in [5, 5.41) is 6.93. The average Bonchev–Trinajstić information content (AvgIpc) is 2.44. The summed E-state index contributed by atoms with van der Waals surface area (Å²) in [5.41, 5.74) is 6.08. The number of rotatable bonds is 4. The number of nitrogen functional groups attached to an aromatic ring is 1. The lowest BCUT2D eigenvalue weighted by Gasteiger charge is -2.09. The molecule has 1 aromatic carbocycles. The van der Waals surface area contributed by atoms with E-state index >= 15 is 0 Å². The van der Waals surface area contributed by atoms with Crippen LogP contribution in [-0.4, -0.2) is 22.8 Å². The number of hydrogen-bond donors (Lipinski definition) is 2. The predicted molar refractivity (Wildman–Crippen MR) is 79.5 cm³/mol. The maximum atomic E-state index is 11.9. The van der Waals surface area contributed by atoms with Crippen LogP contribution >= 0.6 is 11.6 Å². The fourth-order valence-electron chi connectivity index (χ4n) is 1.63. The number of methoxy groups -OCH3 is 1. The highest BCUT2D eigenvalue weighted by atomic mass is 35.5. The number of carbonyl (C=O) groups is 1. The summed E-state index contributed by atoms with van der Waals surface area (Å²) in [6.45, 7) is -0.252. The molecule has 3 N–H and O–H groups in total. The minimum atomic E-state index is -0.438. The first kappa shape index (κ1) is 14.9. The molecular formula is C13H13ClN4O3. The molecule has 0 aliphatic heterocycles. The first-order valence-electron chi connectivity index (χ1n) is 5.96. The van der Waals surface area contributed by atoms with E-state index in [-0.39, 0.29) is 12.4 Å². The molecule has 0 fully saturated rings. The molecular weight excluding hydrogens is 296 g/mol. The van der Waals surface area contributed by atoms with Gasteiger partial charge in [-0.05, 0) is 18.2 Å². The van der Waals surface area contributed by atoms with Crippen LogP contribution in [-0.2, 0) is 11.3 Å². The Labute approximate surface area is 125 Å². The highest BCUT2D eigenvalue weighted by Crippen LogP contribution is 2.22. The highest BCUT2D eigenvalue weighted by Gasteiger charge is 2.09. The van der Waals surface area contributed by atoms with Crippen molar-refractivity contribution in [3.05, 3.63) is 45.7 Å². The van der Waals surface area contributed by atoms with Gasteiger partial charge in [0.05, 0.1) is 18.5 Å². The molecule has 0 spiro atoms. The summed E-state index contributed by atoms with van der Waals surface area (Å²) in [5.74, 6) is -0.194. The Balaban J connectivity index is 2.13. The van der Waals surface area contributed by atoms with E-state index in [4.69, 9.17) is 22.1 Å². The van der Waals surface area contributed by atoms with E-state index in [1.165, 1.54) is 25.3 Å². The summed E-state index contributed by atoms with van der Waals surface area (Å²) in [7, 11) is 1.42. The van der Waals surface area contributed by atoms with Gasteiger partial charge < -0.3 is 15.8 Å². The van der Waals surface area contributed by atoms with Crippen molar-refractivity contribution in [1.82, 2.24) is 9.78 Å². The van der Waals surface area contributed by atoms with Crippen molar-refractivity contribution in [3.8, 4) is 5.88 Å². The third-order valence-corrected chi connectivity index (χ3v) is 2.87. The van der Waals surface area contributed by atoms with Gasteiger partial charge in [0.1, 0.15) is 6.54 Å². The molecule has 0 aliphatic carbocycles. The Hall–Kier alpha value is -2.54. The summed E-state index contributed by atoms with van der Waals surface area (Å²) in [6, 6.07) is 7.40. The Bertz CT molecular complexity index is 730. The normalized spacial score (nSPS) is 10.2. The molecule has 8 heteroatoms. The molecule has 0 atom stereocenters. The molecule has 110 valence electrons. The second-order valence-corrected chi connectivity index (χ2v) is 4.59. The van der Waals surface area contributed by atoms with Gasteiger partial charge >= 0.3 is 0 Å². The van der Waals surface area contributed by atoms with Crippen LogP contribution in [0.4, 0.5) is 11.4 Å². The van der Waals surface area contributed by atoms with Gasteiger partial charge in [-0.15, -0.1) is 5.10 Å². The minimum absolute atomic E-state index is 0.244. The minimum Gasteiger partial charge on any atom is -0.480 e. The van der Waals surface area contributed by atoms with Gasteiger partial charge in [0.2, 0.25) is 11.8 Å². The number of carbonyl (C=O) groups excluding carboxylic acids is 1. The summed E-state index contributed by atoms with van der Waals surface area (Å²) in [4.78, 5) is 23.5. The van der Waals surface area contributed by atoms with E-state index in [2.05, 4.69) is 10.4 Å². The molecule has 1 amide bonds. The Morgan fingerprint density at radius 2 is 2.19 bits per heavy atom. The molecule has 0 saturated heterocycles. The van der Waals surface area contributed by atoms with Crippen molar-refractivity contribution in [2.24, 2.45) is 0 Å². The fourth-order valence-corrected chi connectivity index (χ4v) is 1.81. The maximum Gasteiger partial charge on any atom is 0.267 e. The molecule has 0 unspecified atom stereocenters. The lowest BCUT2D eigenvalue weighted by molar-refractivity contribution is -0.117. The van der Waals surface area contributed by atoms with Crippen LogP contribution in [0.5, 0.6) is 5.88 Å². The molecule has 2 rings (SSSR count). The van der Waals surface area contributed by atoms with Gasteiger partial charge in [-0.3, -0.25) is 9.59 Å². The van der Waals surface area contributed by atoms with E-state index in [1.54, 1.807) is 12.1 Å². The largest absolute Gasteiger partial charge is 0.480 e. The number of halogens is 1. The summed E-state index contributed by atoms with van der Waals surface area (Å²) >= 11 is 5.78. The number of benzene rings is 1. The van der Waals surface area contributed by atoms with Gasteiger partial charge in [0.25, 0.3) is 5.56 Å². The number of ether oxygens (including phenoxy) is 1. The second-order valence-electron chi connectivity index (χ2n) is 4.15. The van der Waals surface area contributed by atoms with Crippen LogP contribution < -0.4 is 21.3 Å². The Morgan fingerprint density at radius 3 is 2.86 bits per heavy atom. The molecule has 7 nitrogen and oxygen atoms in total. The average molecular weight is 309 g/mol. The first-order chi connectivity index (χ1) is 9.99. The third-order valence-electron chi connectivity index (χ3n) is 2.63. The predicted octanol–water partition coefficient (Wildman–Crippen LogP) is 1.13. The number of aromatic nitrogens is 2. The Kier molecular flexibility index (Phi) is 4.44. The smallest absolute Gasteiger partial charge is 0.267 e. The molecule has 0 aliphatic rings. The van der Waals surface area contributed by atoms with Crippen molar-refractivity contribution in [2.75, 3.05) is 18.2 Å².